The van der Waals surface area contributed by atoms with Crippen molar-refractivity contribution in [3.8, 4) is 6.07 Å². The van der Waals surface area contributed by atoms with E-state index in [4.69, 9.17) is 10.4 Å². The fraction of sp³-hybridized carbons (Fsp3) is 0.100. The minimum absolute atomic E-state index is 0.0408. The molecule has 0 saturated carbocycles. The summed E-state index contributed by atoms with van der Waals surface area (Å²) in [5, 5.41) is 17.0. The van der Waals surface area contributed by atoms with Gasteiger partial charge in [-0.15, -0.1) is 0 Å². The summed E-state index contributed by atoms with van der Waals surface area (Å²) in [7, 11) is 0. The summed E-state index contributed by atoms with van der Waals surface area (Å²) in [5.41, 5.74) is 1.34. The zero-order valence-corrected chi connectivity index (χ0v) is 7.56. The van der Waals surface area contributed by atoms with E-state index in [-0.39, 0.29) is 5.69 Å². The molecule has 0 aliphatic rings. The molecule has 0 saturated heterocycles. The molecule has 1 heterocycles. The van der Waals surface area contributed by atoms with Gasteiger partial charge in [0.1, 0.15) is 0 Å². The van der Waals surface area contributed by atoms with Gasteiger partial charge in [-0.25, -0.2) is 9.78 Å². The Kier molecular flexibility index (Phi) is 2.97. The summed E-state index contributed by atoms with van der Waals surface area (Å²) >= 11 is 0. The number of nitriles is 1. The summed E-state index contributed by atoms with van der Waals surface area (Å²) in [6, 6.07) is 3.52. The molecular weight excluding hydrogens is 180 g/mol. The van der Waals surface area contributed by atoms with Crippen LogP contribution in [0.2, 0.25) is 0 Å². The molecule has 0 spiro atoms. The topological polar surface area (TPSA) is 74.0 Å². The van der Waals surface area contributed by atoms with Crippen molar-refractivity contribution in [2.75, 3.05) is 0 Å². The molecule has 70 valence electrons. The number of pyridine rings is 1. The molecule has 0 aliphatic carbocycles. The molecule has 1 aromatic rings. The molecule has 1 aromatic heterocycles. The third kappa shape index (κ3) is 2.17. The van der Waals surface area contributed by atoms with Crippen LogP contribution in [0.4, 0.5) is 0 Å². The zero-order valence-electron chi connectivity index (χ0n) is 7.56. The predicted octanol–water partition coefficient (Wildman–Crippen LogP) is 1.62. The highest BCUT2D eigenvalue weighted by molar-refractivity contribution is 5.87. The largest absolute Gasteiger partial charge is 0.477 e. The molecule has 0 fully saturated rings. The van der Waals surface area contributed by atoms with Crippen LogP contribution in [0.3, 0.4) is 0 Å². The molecule has 4 nitrogen and oxygen atoms in total. The van der Waals surface area contributed by atoms with E-state index in [2.05, 4.69) is 4.98 Å². The lowest BCUT2D eigenvalue weighted by atomic mass is 10.1. The van der Waals surface area contributed by atoms with Crippen molar-refractivity contribution in [2.24, 2.45) is 0 Å². The van der Waals surface area contributed by atoms with Crippen LogP contribution in [0.5, 0.6) is 0 Å². The SMILES string of the molecule is Cc1cc(C=CC#N)cnc1C(=O)O. The second kappa shape index (κ2) is 4.19. The Labute approximate surface area is 81.1 Å². The van der Waals surface area contributed by atoms with Gasteiger partial charge in [0.25, 0.3) is 0 Å². The van der Waals surface area contributed by atoms with E-state index >= 15 is 0 Å². The van der Waals surface area contributed by atoms with E-state index in [1.54, 1.807) is 19.1 Å². The van der Waals surface area contributed by atoms with Gasteiger partial charge in [0, 0.05) is 12.3 Å². The molecule has 0 amide bonds. The van der Waals surface area contributed by atoms with Gasteiger partial charge in [0.05, 0.1) is 6.07 Å². The number of hydrogen-bond acceptors (Lipinski definition) is 3. The number of carboxylic acids is 1. The third-order valence-electron chi connectivity index (χ3n) is 1.65. The maximum Gasteiger partial charge on any atom is 0.354 e. The highest BCUT2D eigenvalue weighted by Gasteiger charge is 2.07. The van der Waals surface area contributed by atoms with Gasteiger partial charge in [-0.3, -0.25) is 0 Å². The molecular formula is C10H8N2O2. The highest BCUT2D eigenvalue weighted by atomic mass is 16.4. The summed E-state index contributed by atoms with van der Waals surface area (Å²) in [6.07, 6.45) is 4.31. The number of allylic oxidation sites excluding steroid dienone is 1. The lowest BCUT2D eigenvalue weighted by Gasteiger charge is -1.99. The van der Waals surface area contributed by atoms with Crippen LogP contribution in [-0.4, -0.2) is 16.1 Å². The first-order valence-corrected chi connectivity index (χ1v) is 3.91. The number of hydrogen-bond donors (Lipinski definition) is 1. The van der Waals surface area contributed by atoms with E-state index in [1.807, 2.05) is 6.07 Å². The van der Waals surface area contributed by atoms with Crippen LogP contribution in [0.25, 0.3) is 6.08 Å². The Morgan fingerprint density at radius 1 is 1.71 bits per heavy atom. The lowest BCUT2D eigenvalue weighted by molar-refractivity contribution is 0.0689. The molecule has 4 heteroatoms. The van der Waals surface area contributed by atoms with Crippen LogP contribution < -0.4 is 0 Å². The first kappa shape index (κ1) is 9.93. The summed E-state index contributed by atoms with van der Waals surface area (Å²) in [6.45, 7) is 1.67. The fourth-order valence-electron chi connectivity index (χ4n) is 1.05. The first-order valence-electron chi connectivity index (χ1n) is 3.91. The maximum atomic E-state index is 10.6. The van der Waals surface area contributed by atoms with Crippen LogP contribution in [-0.2, 0) is 0 Å². The Morgan fingerprint density at radius 3 is 2.93 bits per heavy atom. The standard InChI is InChI=1S/C10H8N2O2/c1-7-5-8(3-2-4-11)6-12-9(7)10(13)14/h2-3,5-6H,1H3,(H,13,14). The Balaban J connectivity index is 3.08. The Morgan fingerprint density at radius 2 is 2.43 bits per heavy atom. The van der Waals surface area contributed by atoms with Gasteiger partial charge in [0.15, 0.2) is 5.69 Å². The van der Waals surface area contributed by atoms with Gasteiger partial charge in [-0.05, 0) is 30.2 Å². The van der Waals surface area contributed by atoms with Crippen molar-refractivity contribution in [2.45, 2.75) is 6.92 Å². The van der Waals surface area contributed by atoms with E-state index in [1.165, 1.54) is 12.3 Å². The highest BCUT2D eigenvalue weighted by Crippen LogP contribution is 2.08. The van der Waals surface area contributed by atoms with Crippen molar-refractivity contribution in [1.82, 2.24) is 4.98 Å². The molecule has 0 aromatic carbocycles. The van der Waals surface area contributed by atoms with E-state index in [0.717, 1.165) is 0 Å². The number of aromatic nitrogens is 1. The van der Waals surface area contributed by atoms with E-state index < -0.39 is 5.97 Å². The smallest absolute Gasteiger partial charge is 0.354 e. The number of carboxylic acid groups (broad SMARTS) is 1. The zero-order chi connectivity index (χ0) is 10.6. The monoisotopic (exact) mass is 188 g/mol. The molecule has 0 radical (unpaired) electrons. The number of aromatic carboxylic acids is 1. The lowest BCUT2D eigenvalue weighted by Crippen LogP contribution is -2.03. The second-order valence-corrected chi connectivity index (χ2v) is 2.70. The van der Waals surface area contributed by atoms with Crippen LogP contribution >= 0.6 is 0 Å². The molecule has 0 bridgehead atoms. The minimum atomic E-state index is -1.04. The van der Waals surface area contributed by atoms with Crippen molar-refractivity contribution in [3.63, 3.8) is 0 Å². The number of carbonyl (C=O) groups is 1. The third-order valence-corrected chi connectivity index (χ3v) is 1.65. The van der Waals surface area contributed by atoms with Crippen LogP contribution in [0.1, 0.15) is 21.6 Å². The second-order valence-electron chi connectivity index (χ2n) is 2.70. The molecule has 14 heavy (non-hydrogen) atoms. The minimum Gasteiger partial charge on any atom is -0.477 e. The van der Waals surface area contributed by atoms with Gasteiger partial charge in [-0.2, -0.15) is 5.26 Å². The van der Waals surface area contributed by atoms with Gasteiger partial charge >= 0.3 is 5.97 Å². The fourth-order valence-corrected chi connectivity index (χ4v) is 1.05. The average molecular weight is 188 g/mol. The van der Waals surface area contributed by atoms with E-state index in [0.29, 0.717) is 11.1 Å². The molecule has 0 unspecified atom stereocenters. The Bertz CT molecular complexity index is 430. The van der Waals surface area contributed by atoms with Crippen molar-refractivity contribution < 1.29 is 9.90 Å². The Hall–Kier alpha value is -2.15. The molecule has 1 N–H and O–H groups in total. The maximum absolute atomic E-state index is 10.6. The van der Waals surface area contributed by atoms with Crippen LogP contribution in [0.15, 0.2) is 18.3 Å². The number of rotatable bonds is 2. The summed E-state index contributed by atoms with van der Waals surface area (Å²) in [5.74, 6) is -1.04. The summed E-state index contributed by atoms with van der Waals surface area (Å²) in [4.78, 5) is 14.4. The first-order chi connectivity index (χ1) is 6.65. The number of nitrogens with zero attached hydrogens (tertiary/aromatic N) is 2. The van der Waals surface area contributed by atoms with Crippen molar-refractivity contribution in [3.05, 3.63) is 35.2 Å². The van der Waals surface area contributed by atoms with Crippen LogP contribution in [0, 0.1) is 18.3 Å². The normalized spacial score (nSPS) is 10.0. The van der Waals surface area contributed by atoms with Gasteiger partial charge in [0.2, 0.25) is 0 Å². The van der Waals surface area contributed by atoms with E-state index in [9.17, 15) is 4.79 Å². The van der Waals surface area contributed by atoms with Crippen molar-refractivity contribution >= 4 is 12.0 Å². The van der Waals surface area contributed by atoms with Gasteiger partial charge < -0.3 is 5.11 Å². The molecule has 0 aliphatic heterocycles. The predicted molar refractivity (Wildman–Crippen MR) is 50.6 cm³/mol. The summed E-state index contributed by atoms with van der Waals surface area (Å²) < 4.78 is 0. The molecule has 1 rings (SSSR count). The van der Waals surface area contributed by atoms with Crippen molar-refractivity contribution in [1.29, 1.82) is 5.26 Å². The number of aryl methyl sites for hydroxylation is 1. The molecule has 0 atom stereocenters. The quantitative estimate of drug-likeness (QED) is 0.715. The van der Waals surface area contributed by atoms with Gasteiger partial charge in [-0.1, -0.05) is 0 Å². The average Bonchev–Trinajstić information content (AvgIpc) is 2.14.